The fourth-order valence-corrected chi connectivity index (χ4v) is 5.52. The van der Waals surface area contributed by atoms with Crippen molar-refractivity contribution in [2.45, 2.75) is 38.1 Å². The van der Waals surface area contributed by atoms with Crippen LogP contribution >= 0.6 is 0 Å². The van der Waals surface area contributed by atoms with Gasteiger partial charge in [0.15, 0.2) is 0 Å². The van der Waals surface area contributed by atoms with Crippen LogP contribution in [0.5, 0.6) is 0 Å². The Morgan fingerprint density at radius 2 is 2.05 bits per heavy atom. The second-order valence-electron chi connectivity index (χ2n) is 7.04. The number of aromatic amines is 1. The third-order valence-electron chi connectivity index (χ3n) is 6.25. The van der Waals surface area contributed by atoms with Crippen molar-refractivity contribution in [2.24, 2.45) is 23.7 Å². The molecule has 0 saturated heterocycles. The first-order valence-electron chi connectivity index (χ1n) is 8.09. The van der Waals surface area contributed by atoms with Crippen molar-refractivity contribution in [1.82, 2.24) is 10.2 Å². The van der Waals surface area contributed by atoms with Crippen molar-refractivity contribution in [3.05, 3.63) is 24.4 Å². The molecule has 3 nitrogen and oxygen atoms in total. The quantitative estimate of drug-likeness (QED) is 0.869. The van der Waals surface area contributed by atoms with Crippen LogP contribution in [0.25, 0.3) is 10.9 Å². The molecular formula is C17H21N3. The largest absolute Gasteiger partial charge is 0.380 e. The third-order valence-corrected chi connectivity index (χ3v) is 6.25. The van der Waals surface area contributed by atoms with Crippen molar-refractivity contribution in [1.29, 1.82) is 0 Å². The van der Waals surface area contributed by atoms with Crippen LogP contribution in [0.3, 0.4) is 0 Å². The number of fused-ring (bicyclic) bond motifs is 6. The summed E-state index contributed by atoms with van der Waals surface area (Å²) in [4.78, 5) is 0. The molecule has 1 aromatic carbocycles. The predicted octanol–water partition coefficient (Wildman–Crippen LogP) is 3.80. The Kier molecular flexibility index (Phi) is 2.24. The van der Waals surface area contributed by atoms with Crippen molar-refractivity contribution < 1.29 is 0 Å². The van der Waals surface area contributed by atoms with E-state index in [1.54, 1.807) is 0 Å². The normalized spacial score (nSPS) is 38.5. The second-order valence-corrected chi connectivity index (χ2v) is 7.04. The topological polar surface area (TPSA) is 40.7 Å². The Hall–Kier alpha value is -1.51. The van der Waals surface area contributed by atoms with E-state index in [1.807, 2.05) is 6.20 Å². The van der Waals surface area contributed by atoms with Gasteiger partial charge in [0.1, 0.15) is 0 Å². The number of para-hydroxylation sites is 1. The van der Waals surface area contributed by atoms with Gasteiger partial charge in [-0.3, -0.25) is 5.10 Å². The van der Waals surface area contributed by atoms with Crippen molar-refractivity contribution in [3.8, 4) is 0 Å². The second kappa shape index (κ2) is 4.00. The zero-order valence-electron chi connectivity index (χ0n) is 11.7. The molecule has 0 aliphatic heterocycles. The number of nitrogens with zero attached hydrogens (tertiary/aromatic N) is 1. The van der Waals surface area contributed by atoms with Gasteiger partial charge >= 0.3 is 0 Å². The molecular weight excluding hydrogens is 246 g/mol. The van der Waals surface area contributed by atoms with Crippen LogP contribution in [0.15, 0.2) is 24.4 Å². The highest BCUT2D eigenvalue weighted by Gasteiger charge is 2.53. The summed E-state index contributed by atoms with van der Waals surface area (Å²) < 4.78 is 0. The fraction of sp³-hybridized carbons (Fsp3) is 0.588. The van der Waals surface area contributed by atoms with E-state index in [9.17, 15) is 0 Å². The number of nitrogens with one attached hydrogen (secondary N) is 2. The van der Waals surface area contributed by atoms with Gasteiger partial charge in [0, 0.05) is 11.4 Å². The van der Waals surface area contributed by atoms with Crippen LogP contribution < -0.4 is 5.32 Å². The Balaban J connectivity index is 1.44. The summed E-state index contributed by atoms with van der Waals surface area (Å²) in [5.41, 5.74) is 2.41. The number of rotatable bonds is 2. The highest BCUT2D eigenvalue weighted by molar-refractivity contribution is 5.90. The van der Waals surface area contributed by atoms with Gasteiger partial charge in [0.25, 0.3) is 0 Å². The van der Waals surface area contributed by atoms with Gasteiger partial charge in [-0.05, 0) is 55.4 Å². The molecule has 5 atom stereocenters. The van der Waals surface area contributed by atoms with Crippen molar-refractivity contribution >= 4 is 16.6 Å². The first kappa shape index (κ1) is 11.2. The molecule has 3 heteroatoms. The van der Waals surface area contributed by atoms with E-state index in [0.29, 0.717) is 6.04 Å². The van der Waals surface area contributed by atoms with E-state index < -0.39 is 0 Å². The van der Waals surface area contributed by atoms with Gasteiger partial charge in [-0.2, -0.15) is 5.10 Å². The highest BCUT2D eigenvalue weighted by Crippen LogP contribution is 2.59. The Morgan fingerprint density at radius 1 is 1.10 bits per heavy atom. The molecule has 1 heterocycles. The zero-order chi connectivity index (χ0) is 13.1. The van der Waals surface area contributed by atoms with E-state index >= 15 is 0 Å². The van der Waals surface area contributed by atoms with Crippen LogP contribution in [0.2, 0.25) is 0 Å². The molecule has 3 aliphatic carbocycles. The van der Waals surface area contributed by atoms with Crippen LogP contribution in [0, 0.1) is 23.7 Å². The van der Waals surface area contributed by atoms with Crippen molar-refractivity contribution in [2.75, 3.05) is 5.32 Å². The van der Waals surface area contributed by atoms with Gasteiger partial charge in [-0.1, -0.05) is 18.6 Å². The average molecular weight is 267 g/mol. The SMILES string of the molecule is c1cc(NC2CC3CC2C2CCCC32)c2[nH]ncc2c1. The highest BCUT2D eigenvalue weighted by atomic mass is 15.1. The maximum absolute atomic E-state index is 4.17. The van der Waals surface area contributed by atoms with Gasteiger partial charge in [-0.25, -0.2) is 0 Å². The van der Waals surface area contributed by atoms with Crippen LogP contribution in [-0.4, -0.2) is 16.2 Å². The minimum Gasteiger partial charge on any atom is -0.380 e. The predicted molar refractivity (Wildman–Crippen MR) is 80.5 cm³/mol. The molecule has 20 heavy (non-hydrogen) atoms. The fourth-order valence-electron chi connectivity index (χ4n) is 5.52. The van der Waals surface area contributed by atoms with Crippen LogP contribution in [-0.2, 0) is 0 Å². The first-order valence-corrected chi connectivity index (χ1v) is 8.09. The van der Waals surface area contributed by atoms with Crippen molar-refractivity contribution in [3.63, 3.8) is 0 Å². The monoisotopic (exact) mass is 267 g/mol. The maximum atomic E-state index is 4.17. The molecule has 2 N–H and O–H groups in total. The average Bonchev–Trinajstić information content (AvgIpc) is 3.20. The summed E-state index contributed by atoms with van der Waals surface area (Å²) in [6.45, 7) is 0. The lowest BCUT2D eigenvalue weighted by atomic mass is 9.79. The zero-order valence-corrected chi connectivity index (χ0v) is 11.7. The van der Waals surface area contributed by atoms with E-state index in [1.165, 1.54) is 48.7 Å². The van der Waals surface area contributed by atoms with E-state index in [0.717, 1.165) is 23.7 Å². The van der Waals surface area contributed by atoms with E-state index in [-0.39, 0.29) is 0 Å². The number of anilines is 1. The Bertz CT molecular complexity index is 646. The molecule has 1 aromatic heterocycles. The third kappa shape index (κ3) is 1.44. The van der Waals surface area contributed by atoms with E-state index in [4.69, 9.17) is 0 Å². The molecule has 3 saturated carbocycles. The minimum absolute atomic E-state index is 0.688. The molecule has 0 spiro atoms. The molecule has 5 unspecified atom stereocenters. The Morgan fingerprint density at radius 3 is 3.05 bits per heavy atom. The van der Waals surface area contributed by atoms with Crippen LogP contribution in [0.1, 0.15) is 32.1 Å². The summed E-state index contributed by atoms with van der Waals surface area (Å²) in [6.07, 6.45) is 9.24. The molecule has 0 radical (unpaired) electrons. The van der Waals surface area contributed by atoms with Gasteiger partial charge in [-0.15, -0.1) is 0 Å². The summed E-state index contributed by atoms with van der Waals surface area (Å²) >= 11 is 0. The standard InChI is InChI=1S/C17H21N3/c1-3-10-9-18-20-17(10)15(6-1)19-16-8-11-7-14(16)13-5-2-4-12(11)13/h1,3,6,9,11-14,16,19H,2,4-5,7-8H2,(H,18,20). The molecule has 104 valence electrons. The summed E-state index contributed by atoms with van der Waals surface area (Å²) in [5, 5.41) is 12.4. The molecule has 3 fully saturated rings. The first-order chi connectivity index (χ1) is 9.90. The van der Waals surface area contributed by atoms with Gasteiger partial charge in [0.05, 0.1) is 17.4 Å². The van der Waals surface area contributed by atoms with Crippen LogP contribution in [0.4, 0.5) is 5.69 Å². The number of benzene rings is 1. The summed E-state index contributed by atoms with van der Waals surface area (Å²) in [6, 6.07) is 7.13. The molecule has 2 bridgehead atoms. The number of hydrogen-bond acceptors (Lipinski definition) is 2. The van der Waals surface area contributed by atoms with Gasteiger partial charge < -0.3 is 5.32 Å². The molecule has 5 rings (SSSR count). The Labute approximate surface area is 119 Å². The lowest BCUT2D eigenvalue weighted by Crippen LogP contribution is -2.33. The van der Waals surface area contributed by atoms with Gasteiger partial charge in [0.2, 0.25) is 0 Å². The lowest BCUT2D eigenvalue weighted by Gasteiger charge is -2.32. The summed E-state index contributed by atoms with van der Waals surface area (Å²) in [5.74, 6) is 4.02. The maximum Gasteiger partial charge on any atom is 0.0881 e. The molecule has 3 aliphatic rings. The summed E-state index contributed by atoms with van der Waals surface area (Å²) in [7, 11) is 0. The number of hydrogen-bond donors (Lipinski definition) is 2. The lowest BCUT2D eigenvalue weighted by molar-refractivity contribution is 0.243. The van der Waals surface area contributed by atoms with E-state index in [2.05, 4.69) is 33.7 Å². The molecule has 2 aromatic rings. The minimum atomic E-state index is 0.688. The molecule has 0 amide bonds. The smallest absolute Gasteiger partial charge is 0.0881 e. The number of H-pyrrole nitrogens is 1. The number of aromatic nitrogens is 2.